The first-order valence-corrected chi connectivity index (χ1v) is 10.5. The molecule has 4 rings (SSSR count). The van der Waals surface area contributed by atoms with E-state index >= 15 is 0 Å². The van der Waals surface area contributed by atoms with Crippen molar-refractivity contribution in [2.75, 3.05) is 10.6 Å². The molecule has 8 nitrogen and oxygen atoms in total. The molecule has 4 aromatic heterocycles. The Kier molecular flexibility index (Phi) is 7.22. The van der Waals surface area contributed by atoms with Crippen LogP contribution in [-0.4, -0.2) is 26.7 Å². The molecule has 11 heteroatoms. The highest BCUT2D eigenvalue weighted by Crippen LogP contribution is 2.37. The molecule has 4 N–H and O–H groups in total. The summed E-state index contributed by atoms with van der Waals surface area (Å²) in [6.07, 6.45) is 3.65. The van der Waals surface area contributed by atoms with Crippen LogP contribution in [0.15, 0.2) is 41.1 Å². The van der Waals surface area contributed by atoms with Crippen LogP contribution in [0, 0.1) is 6.92 Å². The Labute approximate surface area is 194 Å². The average Bonchev–Trinajstić information content (AvgIpc) is 3.44. The highest BCUT2D eigenvalue weighted by Gasteiger charge is 2.21. The zero-order valence-electron chi connectivity index (χ0n) is 16.9. The number of aromatic nitrogens is 3. The minimum Gasteiger partial charge on any atom is -0.467 e. The van der Waals surface area contributed by atoms with Gasteiger partial charge in [0.05, 0.1) is 41.0 Å². The molecule has 0 spiro atoms. The van der Waals surface area contributed by atoms with Crippen molar-refractivity contribution in [3.8, 4) is 0 Å². The number of carbonyl (C=O) groups excluding carboxylic acids is 1. The molecule has 0 saturated carbocycles. The summed E-state index contributed by atoms with van der Waals surface area (Å²) < 4.78 is 7.93. The number of nitrogens with zero attached hydrogens (tertiary/aromatic N) is 3. The van der Waals surface area contributed by atoms with E-state index in [1.165, 1.54) is 0 Å². The van der Waals surface area contributed by atoms with Crippen molar-refractivity contribution in [2.45, 2.75) is 25.9 Å². The van der Waals surface area contributed by atoms with E-state index in [9.17, 15) is 4.79 Å². The van der Waals surface area contributed by atoms with Crippen molar-refractivity contribution in [3.05, 3.63) is 58.1 Å². The van der Waals surface area contributed by atoms with Gasteiger partial charge in [-0.2, -0.15) is 5.10 Å². The summed E-state index contributed by atoms with van der Waals surface area (Å²) in [5.41, 5.74) is 8.84. The van der Waals surface area contributed by atoms with Gasteiger partial charge in [0.15, 0.2) is 0 Å². The molecule has 1 amide bonds. The third-order valence-electron chi connectivity index (χ3n) is 4.79. The maximum absolute atomic E-state index is 12.5. The maximum Gasteiger partial charge on any atom is 0.242 e. The topological polar surface area (TPSA) is 111 Å². The van der Waals surface area contributed by atoms with Crippen LogP contribution in [0.2, 0.25) is 5.15 Å². The van der Waals surface area contributed by atoms with E-state index in [0.29, 0.717) is 23.9 Å². The van der Waals surface area contributed by atoms with Gasteiger partial charge in [0, 0.05) is 30.5 Å². The Morgan fingerprint density at radius 3 is 2.90 bits per heavy atom. The Balaban J connectivity index is 0.00000272. The normalized spacial score (nSPS) is 11.9. The molecular formula is C20H22Cl2N6O2S. The van der Waals surface area contributed by atoms with Crippen LogP contribution >= 0.6 is 35.3 Å². The SMILES string of the molecule is Cc1c(C[C@@H](N)C(=O)Nc2ccnn2C)sc2c(NCc3ccco3)cc(Cl)nc12.Cl. The van der Waals surface area contributed by atoms with Gasteiger partial charge in [-0.05, 0) is 24.6 Å². The second-order valence-electron chi connectivity index (χ2n) is 6.89. The lowest BCUT2D eigenvalue weighted by Crippen LogP contribution is -2.37. The molecule has 0 bridgehead atoms. The Morgan fingerprint density at radius 2 is 2.23 bits per heavy atom. The fourth-order valence-corrected chi connectivity index (χ4v) is 4.61. The van der Waals surface area contributed by atoms with Gasteiger partial charge in [0.25, 0.3) is 0 Å². The van der Waals surface area contributed by atoms with Gasteiger partial charge < -0.3 is 20.8 Å². The zero-order chi connectivity index (χ0) is 21.3. The first-order chi connectivity index (χ1) is 14.4. The first kappa shape index (κ1) is 23.1. The number of hydrogen-bond acceptors (Lipinski definition) is 7. The third-order valence-corrected chi connectivity index (χ3v) is 6.32. The summed E-state index contributed by atoms with van der Waals surface area (Å²) >= 11 is 7.81. The molecular weight excluding hydrogens is 459 g/mol. The predicted octanol–water partition coefficient (Wildman–Crippen LogP) is 4.13. The zero-order valence-corrected chi connectivity index (χ0v) is 19.3. The average molecular weight is 481 g/mol. The molecule has 31 heavy (non-hydrogen) atoms. The number of aryl methyl sites for hydroxylation is 2. The molecule has 4 aromatic rings. The van der Waals surface area contributed by atoms with E-state index in [-0.39, 0.29) is 18.3 Å². The minimum atomic E-state index is -0.707. The van der Waals surface area contributed by atoms with Crippen LogP contribution in [0.5, 0.6) is 0 Å². The van der Waals surface area contributed by atoms with E-state index < -0.39 is 6.04 Å². The summed E-state index contributed by atoms with van der Waals surface area (Å²) in [7, 11) is 1.75. The molecule has 0 unspecified atom stereocenters. The molecule has 164 valence electrons. The Bertz CT molecular complexity index is 1190. The highest BCUT2D eigenvalue weighted by molar-refractivity contribution is 7.19. The van der Waals surface area contributed by atoms with E-state index in [1.54, 1.807) is 47.7 Å². The molecule has 4 heterocycles. The molecule has 0 aliphatic heterocycles. The fraction of sp³-hybridized carbons (Fsp3) is 0.250. The number of carbonyl (C=O) groups is 1. The smallest absolute Gasteiger partial charge is 0.242 e. The predicted molar refractivity (Wildman–Crippen MR) is 126 cm³/mol. The lowest BCUT2D eigenvalue weighted by Gasteiger charge is -2.11. The van der Waals surface area contributed by atoms with E-state index in [0.717, 1.165) is 32.1 Å². The van der Waals surface area contributed by atoms with Crippen molar-refractivity contribution in [3.63, 3.8) is 0 Å². The van der Waals surface area contributed by atoms with Crippen LogP contribution in [0.25, 0.3) is 10.2 Å². The number of furan rings is 1. The Hall–Kier alpha value is -2.59. The van der Waals surface area contributed by atoms with E-state index in [1.807, 2.05) is 19.1 Å². The van der Waals surface area contributed by atoms with Crippen LogP contribution in [0.3, 0.4) is 0 Å². The number of anilines is 2. The summed E-state index contributed by atoms with van der Waals surface area (Å²) in [5.74, 6) is 1.15. The summed E-state index contributed by atoms with van der Waals surface area (Å²) in [6, 6.07) is 6.55. The van der Waals surface area contributed by atoms with E-state index in [4.69, 9.17) is 21.8 Å². The van der Waals surface area contributed by atoms with Gasteiger partial charge >= 0.3 is 0 Å². The first-order valence-electron chi connectivity index (χ1n) is 9.31. The number of nitrogens with one attached hydrogen (secondary N) is 2. The maximum atomic E-state index is 12.5. The highest BCUT2D eigenvalue weighted by atomic mass is 35.5. The Morgan fingerprint density at radius 1 is 1.42 bits per heavy atom. The summed E-state index contributed by atoms with van der Waals surface area (Å²) in [4.78, 5) is 18.0. The molecule has 0 aromatic carbocycles. The summed E-state index contributed by atoms with van der Waals surface area (Å²) in [5, 5.41) is 10.6. The van der Waals surface area contributed by atoms with E-state index in [2.05, 4.69) is 20.7 Å². The van der Waals surface area contributed by atoms with Crippen LogP contribution in [0.1, 0.15) is 16.2 Å². The molecule has 0 aliphatic carbocycles. The second-order valence-corrected chi connectivity index (χ2v) is 8.39. The van der Waals surface area contributed by atoms with Gasteiger partial charge in [0.2, 0.25) is 5.91 Å². The van der Waals surface area contributed by atoms with Gasteiger partial charge in [-0.3, -0.25) is 9.48 Å². The van der Waals surface area contributed by atoms with Crippen LogP contribution < -0.4 is 16.4 Å². The van der Waals surface area contributed by atoms with Crippen molar-refractivity contribution in [2.24, 2.45) is 12.8 Å². The number of fused-ring (bicyclic) bond motifs is 1. The van der Waals surface area contributed by atoms with Gasteiger partial charge in [-0.15, -0.1) is 23.7 Å². The lowest BCUT2D eigenvalue weighted by molar-refractivity contribution is -0.117. The second kappa shape index (κ2) is 9.69. The molecule has 0 fully saturated rings. The molecule has 1 atom stereocenters. The molecule has 0 aliphatic rings. The number of amides is 1. The van der Waals surface area contributed by atoms with Crippen LogP contribution in [-0.2, 0) is 24.8 Å². The number of pyridine rings is 1. The number of halogens is 2. The van der Waals surface area contributed by atoms with Gasteiger partial charge in [0.1, 0.15) is 16.7 Å². The van der Waals surface area contributed by atoms with Crippen molar-refractivity contribution < 1.29 is 9.21 Å². The number of thiophene rings is 1. The monoisotopic (exact) mass is 480 g/mol. The minimum absolute atomic E-state index is 0. The molecule has 0 saturated heterocycles. The van der Waals surface area contributed by atoms with Gasteiger partial charge in [-0.1, -0.05) is 11.6 Å². The quantitative estimate of drug-likeness (QED) is 0.343. The number of hydrogen-bond donors (Lipinski definition) is 3. The van der Waals surface area contributed by atoms with Crippen molar-refractivity contribution in [1.82, 2.24) is 14.8 Å². The van der Waals surface area contributed by atoms with Crippen LogP contribution in [0.4, 0.5) is 11.5 Å². The summed E-state index contributed by atoms with van der Waals surface area (Å²) in [6.45, 7) is 2.50. The number of nitrogens with two attached hydrogens (primary N) is 1. The van der Waals surface area contributed by atoms with Gasteiger partial charge in [-0.25, -0.2) is 4.98 Å². The molecule has 0 radical (unpaired) electrons. The standard InChI is InChI=1S/C20H21ClN6O2S.ClH/c1-11-15(8-13(22)20(28)26-17-5-6-24-27(17)2)30-19-14(9-16(21)25-18(11)19)23-10-12-4-3-7-29-12;/h3-7,9,13H,8,10,22H2,1-2H3,(H,23,25)(H,26,28);1H/t13-;/m1./s1. The van der Waals surface area contributed by atoms with Crippen molar-refractivity contribution >= 4 is 63.0 Å². The third kappa shape index (κ3) is 5.01. The lowest BCUT2D eigenvalue weighted by atomic mass is 10.1. The fourth-order valence-electron chi connectivity index (χ4n) is 3.12. The van der Waals surface area contributed by atoms with Crippen molar-refractivity contribution in [1.29, 1.82) is 0 Å². The largest absolute Gasteiger partial charge is 0.467 e. The number of rotatable bonds is 7.